The van der Waals surface area contributed by atoms with E-state index in [9.17, 15) is 9.59 Å². The van der Waals surface area contributed by atoms with Gasteiger partial charge in [-0.2, -0.15) is 10.5 Å². The van der Waals surface area contributed by atoms with Gasteiger partial charge in [0.15, 0.2) is 0 Å². The van der Waals surface area contributed by atoms with Gasteiger partial charge in [-0.05, 0) is 45.8 Å². The summed E-state index contributed by atoms with van der Waals surface area (Å²) in [7, 11) is 0. The van der Waals surface area contributed by atoms with E-state index in [1.807, 2.05) is 60.7 Å². The molecule has 0 unspecified atom stereocenters. The van der Waals surface area contributed by atoms with Crippen LogP contribution in [-0.2, 0) is 4.74 Å². The summed E-state index contributed by atoms with van der Waals surface area (Å²) in [6.07, 6.45) is 0. The number of esters is 2. The lowest BCUT2D eigenvalue weighted by Crippen LogP contribution is -1.96. The van der Waals surface area contributed by atoms with Crippen LogP contribution in [0.1, 0.15) is 31.8 Å². The van der Waals surface area contributed by atoms with Crippen LogP contribution in [0.5, 0.6) is 0 Å². The number of nitriles is 2. The summed E-state index contributed by atoms with van der Waals surface area (Å²) < 4.78 is 4.53. The summed E-state index contributed by atoms with van der Waals surface area (Å²) in [4.78, 5) is 22.6. The van der Waals surface area contributed by atoms with E-state index < -0.39 is 11.9 Å². The SMILES string of the molecule is N#Cc1cc2ccccc2cc1C#N.O=C1OC(=O)c2cc3ccccc3cc21. The molecule has 0 fully saturated rings. The van der Waals surface area contributed by atoms with Gasteiger partial charge in [0, 0.05) is 0 Å². The Balaban J connectivity index is 0.000000142. The first-order valence-electron chi connectivity index (χ1n) is 8.73. The fourth-order valence-corrected chi connectivity index (χ4v) is 3.20. The Kier molecular flexibility index (Phi) is 4.49. The minimum atomic E-state index is -0.555. The highest BCUT2D eigenvalue weighted by atomic mass is 16.6. The molecule has 4 aromatic carbocycles. The number of hydrogen-bond acceptors (Lipinski definition) is 5. The summed E-state index contributed by atoms with van der Waals surface area (Å²) in [6, 6.07) is 26.1. The zero-order valence-corrected chi connectivity index (χ0v) is 15.0. The standard InChI is InChI=1S/C12H6N2.C12H6O3/c13-7-11-5-9-3-1-2-4-10(9)6-12(11)8-14;13-11-9-5-7-3-1-2-4-8(7)6-10(9)12(14)15-11/h1-6H;1-6H. The van der Waals surface area contributed by atoms with E-state index in [1.165, 1.54) is 0 Å². The van der Waals surface area contributed by atoms with Crippen molar-refractivity contribution in [3.05, 3.63) is 95.1 Å². The fourth-order valence-electron chi connectivity index (χ4n) is 3.20. The van der Waals surface area contributed by atoms with E-state index in [4.69, 9.17) is 10.5 Å². The van der Waals surface area contributed by atoms with Gasteiger partial charge in [-0.25, -0.2) is 9.59 Å². The van der Waals surface area contributed by atoms with E-state index in [2.05, 4.69) is 4.74 Å². The van der Waals surface area contributed by atoms with Crippen LogP contribution >= 0.6 is 0 Å². The molecule has 5 heteroatoms. The topological polar surface area (TPSA) is 91.0 Å². The van der Waals surface area contributed by atoms with Crippen molar-refractivity contribution in [3.63, 3.8) is 0 Å². The zero-order valence-electron chi connectivity index (χ0n) is 15.0. The highest BCUT2D eigenvalue weighted by Crippen LogP contribution is 2.25. The molecule has 0 saturated heterocycles. The smallest absolute Gasteiger partial charge is 0.346 e. The molecule has 0 aromatic heterocycles. The number of nitrogens with zero attached hydrogens (tertiary/aromatic N) is 2. The normalized spacial score (nSPS) is 11.8. The predicted molar refractivity (Wildman–Crippen MR) is 107 cm³/mol. The molecule has 0 atom stereocenters. The van der Waals surface area contributed by atoms with Crippen LogP contribution in [0.3, 0.4) is 0 Å². The maximum absolute atomic E-state index is 11.3. The van der Waals surface area contributed by atoms with E-state index in [-0.39, 0.29) is 0 Å². The van der Waals surface area contributed by atoms with Crippen molar-refractivity contribution in [2.75, 3.05) is 0 Å². The molecule has 1 aliphatic rings. The molecule has 0 bridgehead atoms. The summed E-state index contributed by atoms with van der Waals surface area (Å²) in [5.74, 6) is -1.11. The molecule has 136 valence electrons. The third kappa shape index (κ3) is 3.29. The molecule has 0 radical (unpaired) electrons. The summed E-state index contributed by atoms with van der Waals surface area (Å²) in [5.41, 5.74) is 1.59. The first-order valence-corrected chi connectivity index (χ1v) is 8.73. The van der Waals surface area contributed by atoms with Crippen LogP contribution in [0.2, 0.25) is 0 Å². The number of carbonyl (C=O) groups excluding carboxylic acids is 2. The summed E-state index contributed by atoms with van der Waals surface area (Å²) in [5, 5.41) is 21.5. The Hall–Kier alpha value is -4.48. The lowest BCUT2D eigenvalue weighted by Gasteiger charge is -1.99. The van der Waals surface area contributed by atoms with Crippen LogP contribution in [0.25, 0.3) is 21.5 Å². The quantitative estimate of drug-likeness (QED) is 0.327. The van der Waals surface area contributed by atoms with Crippen molar-refractivity contribution >= 4 is 33.5 Å². The van der Waals surface area contributed by atoms with E-state index in [0.29, 0.717) is 22.3 Å². The maximum atomic E-state index is 11.3. The average molecular weight is 376 g/mol. The van der Waals surface area contributed by atoms with Crippen LogP contribution in [0, 0.1) is 22.7 Å². The van der Waals surface area contributed by atoms with Crippen LogP contribution in [0.15, 0.2) is 72.8 Å². The van der Waals surface area contributed by atoms with Crippen LogP contribution < -0.4 is 0 Å². The van der Waals surface area contributed by atoms with Gasteiger partial charge in [-0.15, -0.1) is 0 Å². The van der Waals surface area contributed by atoms with E-state index in [1.54, 1.807) is 24.3 Å². The number of benzene rings is 4. The van der Waals surface area contributed by atoms with Crippen molar-refractivity contribution in [1.82, 2.24) is 0 Å². The molecule has 0 amide bonds. The Bertz CT molecular complexity index is 1290. The summed E-state index contributed by atoms with van der Waals surface area (Å²) in [6.45, 7) is 0. The monoisotopic (exact) mass is 376 g/mol. The number of fused-ring (bicyclic) bond motifs is 3. The van der Waals surface area contributed by atoms with Gasteiger partial charge < -0.3 is 4.74 Å². The second kappa shape index (κ2) is 7.26. The minimum absolute atomic E-state index is 0.360. The van der Waals surface area contributed by atoms with Gasteiger partial charge in [0.25, 0.3) is 0 Å². The van der Waals surface area contributed by atoms with Gasteiger partial charge >= 0.3 is 11.9 Å². The number of rotatable bonds is 0. The maximum Gasteiger partial charge on any atom is 0.346 e. The largest absolute Gasteiger partial charge is 0.386 e. The van der Waals surface area contributed by atoms with Gasteiger partial charge in [0.2, 0.25) is 0 Å². The van der Waals surface area contributed by atoms with Gasteiger partial charge in [0.05, 0.1) is 22.3 Å². The highest BCUT2D eigenvalue weighted by Gasteiger charge is 2.29. The Labute approximate surface area is 166 Å². The lowest BCUT2D eigenvalue weighted by atomic mass is 10.0. The third-order valence-corrected chi connectivity index (χ3v) is 4.64. The molecule has 0 aliphatic carbocycles. The molecule has 0 spiro atoms. The second-order valence-electron chi connectivity index (χ2n) is 6.39. The van der Waals surface area contributed by atoms with Crippen molar-refractivity contribution < 1.29 is 14.3 Å². The van der Waals surface area contributed by atoms with Crippen molar-refractivity contribution in [1.29, 1.82) is 10.5 Å². The Morgan fingerprint density at radius 1 is 0.586 bits per heavy atom. The van der Waals surface area contributed by atoms with Crippen LogP contribution in [0.4, 0.5) is 0 Å². The van der Waals surface area contributed by atoms with E-state index >= 15 is 0 Å². The molecular formula is C24H12N2O3. The van der Waals surface area contributed by atoms with E-state index in [0.717, 1.165) is 21.5 Å². The van der Waals surface area contributed by atoms with Crippen molar-refractivity contribution in [2.45, 2.75) is 0 Å². The fraction of sp³-hybridized carbons (Fsp3) is 0. The number of hydrogen-bond donors (Lipinski definition) is 0. The lowest BCUT2D eigenvalue weighted by molar-refractivity contribution is 0.0444. The Morgan fingerprint density at radius 2 is 0.931 bits per heavy atom. The molecular weight excluding hydrogens is 364 g/mol. The second-order valence-corrected chi connectivity index (χ2v) is 6.39. The molecule has 4 aromatic rings. The number of ether oxygens (including phenoxy) is 1. The van der Waals surface area contributed by atoms with Gasteiger partial charge in [0.1, 0.15) is 12.1 Å². The average Bonchev–Trinajstić information content (AvgIpc) is 3.04. The molecule has 0 N–H and O–H groups in total. The number of cyclic esters (lactones) is 2. The molecule has 5 rings (SSSR count). The first kappa shape index (κ1) is 17.9. The van der Waals surface area contributed by atoms with Gasteiger partial charge in [-0.1, -0.05) is 48.5 Å². The van der Waals surface area contributed by atoms with Crippen molar-refractivity contribution in [2.24, 2.45) is 0 Å². The van der Waals surface area contributed by atoms with Crippen molar-refractivity contribution in [3.8, 4) is 12.1 Å². The molecule has 0 saturated carbocycles. The highest BCUT2D eigenvalue weighted by molar-refractivity contribution is 6.17. The number of carbonyl (C=O) groups is 2. The Morgan fingerprint density at radius 3 is 1.28 bits per heavy atom. The summed E-state index contributed by atoms with van der Waals surface area (Å²) >= 11 is 0. The minimum Gasteiger partial charge on any atom is -0.386 e. The predicted octanol–water partition coefficient (Wildman–Crippen LogP) is 4.73. The zero-order chi connectivity index (χ0) is 20.4. The van der Waals surface area contributed by atoms with Crippen LogP contribution in [-0.4, -0.2) is 11.9 Å². The molecule has 5 nitrogen and oxygen atoms in total. The third-order valence-electron chi connectivity index (χ3n) is 4.64. The molecule has 1 heterocycles. The van der Waals surface area contributed by atoms with Gasteiger partial charge in [-0.3, -0.25) is 0 Å². The molecule has 29 heavy (non-hydrogen) atoms. The molecule has 1 aliphatic heterocycles. The first-order chi connectivity index (χ1) is 14.1.